The van der Waals surface area contributed by atoms with Crippen molar-refractivity contribution in [2.24, 2.45) is 0 Å². The summed E-state index contributed by atoms with van der Waals surface area (Å²) in [6, 6.07) is 7.23. The fourth-order valence-electron chi connectivity index (χ4n) is 1.26. The molecule has 0 radical (unpaired) electrons. The van der Waals surface area contributed by atoms with Crippen LogP contribution in [0.4, 0.5) is 0 Å². The summed E-state index contributed by atoms with van der Waals surface area (Å²) in [4.78, 5) is 10.5. The molecule has 0 spiro atoms. The van der Waals surface area contributed by atoms with E-state index in [4.69, 9.17) is 16.7 Å². The first kappa shape index (κ1) is 11.9. The zero-order valence-corrected chi connectivity index (χ0v) is 10.1. The number of halogens is 1. The van der Waals surface area contributed by atoms with E-state index in [9.17, 15) is 4.79 Å². The maximum absolute atomic E-state index is 10.5. The third-order valence-electron chi connectivity index (χ3n) is 1.95. The van der Waals surface area contributed by atoms with Gasteiger partial charge in [0.15, 0.2) is 5.16 Å². The molecule has 1 aromatic carbocycles. The lowest BCUT2D eigenvalue weighted by atomic mass is 10.3. The van der Waals surface area contributed by atoms with Gasteiger partial charge in [0.2, 0.25) is 0 Å². The number of para-hydroxylation sites is 1. The van der Waals surface area contributed by atoms with Crippen LogP contribution in [0.15, 0.2) is 35.7 Å². The third kappa shape index (κ3) is 2.78. The number of aromatic nitrogens is 3. The number of benzene rings is 1. The number of thioether (sulfide) groups is 1. The van der Waals surface area contributed by atoms with Gasteiger partial charge in [0.05, 0.1) is 16.5 Å². The van der Waals surface area contributed by atoms with E-state index in [-0.39, 0.29) is 5.75 Å². The van der Waals surface area contributed by atoms with Crippen LogP contribution in [0.5, 0.6) is 0 Å². The molecule has 5 nitrogen and oxygen atoms in total. The maximum Gasteiger partial charge on any atom is 0.313 e. The molecule has 1 heterocycles. The van der Waals surface area contributed by atoms with Crippen LogP contribution in [0.1, 0.15) is 0 Å². The fraction of sp³-hybridized carbons (Fsp3) is 0.100. The van der Waals surface area contributed by atoms with Crippen LogP contribution in [0, 0.1) is 0 Å². The normalized spacial score (nSPS) is 10.4. The molecule has 1 N–H and O–H groups in total. The summed E-state index contributed by atoms with van der Waals surface area (Å²) in [5.74, 6) is -0.966. The molecule has 0 unspecified atom stereocenters. The molecule has 0 bridgehead atoms. The van der Waals surface area contributed by atoms with Gasteiger partial charge in [-0.3, -0.25) is 9.36 Å². The average Bonchev–Trinajstić information content (AvgIpc) is 2.75. The highest BCUT2D eigenvalue weighted by atomic mass is 35.5. The summed E-state index contributed by atoms with van der Waals surface area (Å²) in [5.41, 5.74) is 0.729. The lowest BCUT2D eigenvalue weighted by Crippen LogP contribution is -2.01. The molecule has 1 aromatic heterocycles. The number of rotatable bonds is 4. The largest absolute Gasteiger partial charge is 0.481 e. The number of carboxylic acids is 1. The summed E-state index contributed by atoms with van der Waals surface area (Å²) in [7, 11) is 0. The van der Waals surface area contributed by atoms with E-state index in [1.165, 1.54) is 6.33 Å². The Morgan fingerprint density at radius 3 is 2.94 bits per heavy atom. The fourth-order valence-corrected chi connectivity index (χ4v) is 2.13. The Morgan fingerprint density at radius 2 is 2.24 bits per heavy atom. The van der Waals surface area contributed by atoms with Gasteiger partial charge in [-0.2, -0.15) is 0 Å². The maximum atomic E-state index is 10.5. The molecule has 7 heteroatoms. The van der Waals surface area contributed by atoms with Crippen molar-refractivity contribution in [3.8, 4) is 5.69 Å². The van der Waals surface area contributed by atoms with Crippen LogP contribution in [-0.4, -0.2) is 31.6 Å². The summed E-state index contributed by atoms with van der Waals surface area (Å²) < 4.78 is 1.66. The topological polar surface area (TPSA) is 68.0 Å². The minimum atomic E-state index is -0.899. The summed E-state index contributed by atoms with van der Waals surface area (Å²) in [5, 5.41) is 17.3. The smallest absolute Gasteiger partial charge is 0.313 e. The van der Waals surface area contributed by atoms with E-state index < -0.39 is 5.97 Å². The third-order valence-corrected chi connectivity index (χ3v) is 3.20. The summed E-state index contributed by atoms with van der Waals surface area (Å²) in [6.45, 7) is 0. The monoisotopic (exact) mass is 269 g/mol. The first-order valence-corrected chi connectivity index (χ1v) is 6.04. The van der Waals surface area contributed by atoms with E-state index in [1.54, 1.807) is 10.6 Å². The molecular weight excluding hydrogens is 262 g/mol. The van der Waals surface area contributed by atoms with E-state index in [0.717, 1.165) is 17.4 Å². The second-order valence-corrected chi connectivity index (χ2v) is 4.47. The predicted molar refractivity (Wildman–Crippen MR) is 64.7 cm³/mol. The van der Waals surface area contributed by atoms with Crippen LogP contribution >= 0.6 is 23.4 Å². The number of hydrogen-bond donors (Lipinski definition) is 1. The van der Waals surface area contributed by atoms with Gasteiger partial charge in [-0.15, -0.1) is 10.2 Å². The molecule has 0 saturated heterocycles. The van der Waals surface area contributed by atoms with Crippen molar-refractivity contribution in [3.05, 3.63) is 35.6 Å². The van der Waals surface area contributed by atoms with Gasteiger partial charge < -0.3 is 5.11 Å². The Balaban J connectivity index is 2.31. The minimum Gasteiger partial charge on any atom is -0.481 e. The highest BCUT2D eigenvalue weighted by Crippen LogP contribution is 2.24. The zero-order chi connectivity index (χ0) is 12.3. The van der Waals surface area contributed by atoms with Gasteiger partial charge in [-0.05, 0) is 12.1 Å². The number of aliphatic carboxylic acids is 1. The second-order valence-electron chi connectivity index (χ2n) is 3.12. The molecule has 88 valence electrons. The van der Waals surface area contributed by atoms with Crippen molar-refractivity contribution < 1.29 is 9.90 Å². The van der Waals surface area contributed by atoms with Gasteiger partial charge in [-0.1, -0.05) is 35.5 Å². The average molecular weight is 270 g/mol. The van der Waals surface area contributed by atoms with Crippen LogP contribution in [-0.2, 0) is 4.79 Å². The Bertz CT molecular complexity index is 544. The zero-order valence-electron chi connectivity index (χ0n) is 8.58. The lowest BCUT2D eigenvalue weighted by Gasteiger charge is -2.06. The molecule has 0 aliphatic rings. The van der Waals surface area contributed by atoms with Crippen molar-refractivity contribution in [2.75, 3.05) is 5.75 Å². The Labute approximate surface area is 106 Å². The molecule has 0 fully saturated rings. The quantitative estimate of drug-likeness (QED) is 0.861. The highest BCUT2D eigenvalue weighted by molar-refractivity contribution is 7.99. The van der Waals surface area contributed by atoms with Crippen LogP contribution < -0.4 is 0 Å². The molecule has 0 amide bonds. The Hall–Kier alpha value is -1.53. The minimum absolute atomic E-state index is 0.0663. The first-order valence-electron chi connectivity index (χ1n) is 4.68. The SMILES string of the molecule is O=C(O)CSc1nncn1-c1ccccc1Cl. The van der Waals surface area contributed by atoms with E-state index in [2.05, 4.69) is 10.2 Å². The second kappa shape index (κ2) is 5.20. The van der Waals surface area contributed by atoms with Gasteiger partial charge in [0.25, 0.3) is 0 Å². The van der Waals surface area contributed by atoms with Crippen molar-refractivity contribution in [2.45, 2.75) is 5.16 Å². The molecule has 2 rings (SSSR count). The molecule has 0 atom stereocenters. The lowest BCUT2D eigenvalue weighted by molar-refractivity contribution is -0.133. The molecule has 17 heavy (non-hydrogen) atoms. The first-order chi connectivity index (χ1) is 8.18. The summed E-state index contributed by atoms with van der Waals surface area (Å²) in [6.07, 6.45) is 1.51. The predicted octanol–water partition coefficient (Wildman–Crippen LogP) is 2.10. The van der Waals surface area contributed by atoms with Gasteiger partial charge >= 0.3 is 5.97 Å². The number of nitrogens with zero attached hydrogens (tertiary/aromatic N) is 3. The van der Waals surface area contributed by atoms with Crippen molar-refractivity contribution in [1.82, 2.24) is 14.8 Å². The van der Waals surface area contributed by atoms with Gasteiger partial charge in [0.1, 0.15) is 6.33 Å². The molecular formula is C10H8ClN3O2S. The summed E-state index contributed by atoms with van der Waals surface area (Å²) >= 11 is 7.14. The van der Waals surface area contributed by atoms with E-state index in [1.807, 2.05) is 18.2 Å². The molecule has 0 saturated carbocycles. The van der Waals surface area contributed by atoms with Crippen LogP contribution in [0.2, 0.25) is 5.02 Å². The van der Waals surface area contributed by atoms with Crippen molar-refractivity contribution in [1.29, 1.82) is 0 Å². The number of carboxylic acid groups (broad SMARTS) is 1. The number of carbonyl (C=O) groups is 1. The highest BCUT2D eigenvalue weighted by Gasteiger charge is 2.10. The van der Waals surface area contributed by atoms with Crippen molar-refractivity contribution >= 4 is 29.3 Å². The van der Waals surface area contributed by atoms with Gasteiger partial charge in [0, 0.05) is 0 Å². The molecule has 0 aliphatic heterocycles. The van der Waals surface area contributed by atoms with Crippen LogP contribution in [0.25, 0.3) is 5.69 Å². The van der Waals surface area contributed by atoms with Crippen LogP contribution in [0.3, 0.4) is 0 Å². The van der Waals surface area contributed by atoms with E-state index >= 15 is 0 Å². The van der Waals surface area contributed by atoms with E-state index in [0.29, 0.717) is 10.2 Å². The Kier molecular flexibility index (Phi) is 3.65. The standard InChI is InChI=1S/C10H8ClN3O2S/c11-7-3-1-2-4-8(7)14-6-12-13-10(14)17-5-9(15)16/h1-4,6H,5H2,(H,15,16). The Morgan fingerprint density at radius 1 is 1.47 bits per heavy atom. The molecule has 0 aliphatic carbocycles. The van der Waals surface area contributed by atoms with Gasteiger partial charge in [-0.25, -0.2) is 0 Å². The number of hydrogen-bond acceptors (Lipinski definition) is 4. The van der Waals surface area contributed by atoms with Crippen molar-refractivity contribution in [3.63, 3.8) is 0 Å². The molecule has 2 aromatic rings.